The van der Waals surface area contributed by atoms with E-state index in [1.165, 1.54) is 7.11 Å². The number of nitrogens with zero attached hydrogens (tertiary/aromatic N) is 4. The van der Waals surface area contributed by atoms with E-state index >= 15 is 0 Å². The minimum atomic E-state index is -0.325. The second-order valence-corrected chi connectivity index (χ2v) is 6.84. The molecule has 29 heavy (non-hydrogen) atoms. The van der Waals surface area contributed by atoms with E-state index in [9.17, 15) is 4.79 Å². The molecular weight excluding hydrogens is 368 g/mol. The molecule has 0 unspecified atom stereocenters. The summed E-state index contributed by atoms with van der Waals surface area (Å²) >= 11 is 0. The van der Waals surface area contributed by atoms with E-state index in [4.69, 9.17) is 9.36 Å². The Bertz CT molecular complexity index is 1010. The van der Waals surface area contributed by atoms with Gasteiger partial charge in [0.2, 0.25) is 5.89 Å². The number of oxime groups is 1. The Balaban J connectivity index is 1.60. The number of hydrogen-bond acceptors (Lipinski definition) is 6. The van der Waals surface area contributed by atoms with Crippen LogP contribution in [0.2, 0.25) is 0 Å². The van der Waals surface area contributed by atoms with Crippen molar-refractivity contribution in [2.24, 2.45) is 5.16 Å². The van der Waals surface area contributed by atoms with Crippen molar-refractivity contribution in [2.75, 3.05) is 13.7 Å². The molecule has 1 saturated heterocycles. The van der Waals surface area contributed by atoms with Gasteiger partial charge in [-0.25, -0.2) is 0 Å². The fourth-order valence-electron chi connectivity index (χ4n) is 3.49. The predicted molar refractivity (Wildman–Crippen MR) is 108 cm³/mol. The van der Waals surface area contributed by atoms with Gasteiger partial charge in [0.15, 0.2) is 5.82 Å². The van der Waals surface area contributed by atoms with Crippen LogP contribution in [0.15, 0.2) is 64.3 Å². The summed E-state index contributed by atoms with van der Waals surface area (Å²) < 4.78 is 5.25. The van der Waals surface area contributed by atoms with Crippen molar-refractivity contribution in [3.05, 3.63) is 71.9 Å². The minimum absolute atomic E-state index is 0.0984. The van der Waals surface area contributed by atoms with Crippen molar-refractivity contribution in [1.82, 2.24) is 15.0 Å². The normalized spacial score (nSPS) is 17.7. The fourth-order valence-corrected chi connectivity index (χ4v) is 3.49. The summed E-state index contributed by atoms with van der Waals surface area (Å²) in [7, 11) is 1.50. The van der Waals surface area contributed by atoms with Gasteiger partial charge >= 0.3 is 0 Å². The highest BCUT2D eigenvalue weighted by molar-refractivity contribution is 6.00. The van der Waals surface area contributed by atoms with Gasteiger partial charge in [-0.15, -0.1) is 0 Å². The highest BCUT2D eigenvalue weighted by atomic mass is 16.6. The quantitative estimate of drug-likeness (QED) is 0.618. The van der Waals surface area contributed by atoms with Gasteiger partial charge in [0, 0.05) is 18.4 Å². The van der Waals surface area contributed by atoms with E-state index in [2.05, 4.69) is 15.3 Å². The molecule has 4 rings (SSSR count). The maximum Gasteiger partial charge on any atom is 0.254 e. The fraction of sp³-hybridized carbons (Fsp3) is 0.273. The average molecular weight is 390 g/mol. The molecule has 1 aliphatic rings. The van der Waals surface area contributed by atoms with Crippen LogP contribution in [-0.2, 0) is 11.3 Å². The molecule has 0 radical (unpaired) electrons. The lowest BCUT2D eigenvalue weighted by Crippen LogP contribution is -2.31. The molecule has 0 saturated carbocycles. The Morgan fingerprint density at radius 2 is 1.90 bits per heavy atom. The Morgan fingerprint density at radius 3 is 2.55 bits per heavy atom. The maximum absolute atomic E-state index is 13.2. The molecule has 0 N–H and O–H groups in total. The molecular formula is C22H22N4O3. The topological polar surface area (TPSA) is 80.8 Å². The third-order valence-corrected chi connectivity index (χ3v) is 4.96. The number of rotatable bonds is 5. The highest BCUT2D eigenvalue weighted by Gasteiger charge is 2.37. The van der Waals surface area contributed by atoms with Gasteiger partial charge in [0.25, 0.3) is 5.91 Å². The van der Waals surface area contributed by atoms with Crippen molar-refractivity contribution in [3.8, 4) is 11.1 Å². The van der Waals surface area contributed by atoms with Crippen molar-refractivity contribution in [3.63, 3.8) is 0 Å². The van der Waals surface area contributed by atoms with E-state index in [-0.39, 0.29) is 11.9 Å². The van der Waals surface area contributed by atoms with Crippen LogP contribution in [0, 0.1) is 0 Å². The summed E-state index contributed by atoms with van der Waals surface area (Å²) in [5.41, 5.74) is 3.55. The standard InChI is InChI=1S/C22H22N4O3/c1-3-20-23-21(25-29-20)19-13-18(24-28-2)14-26(19)22(27)17-11-9-16(10-12-17)15-7-5-4-6-8-15/h4-12,19H,3,13-14H2,1-2H3/t19-/m0/s1. The molecule has 1 fully saturated rings. The molecule has 7 nitrogen and oxygen atoms in total. The van der Waals surface area contributed by atoms with Crippen LogP contribution >= 0.6 is 0 Å². The molecule has 0 spiro atoms. The lowest BCUT2D eigenvalue weighted by Gasteiger charge is -2.21. The van der Waals surface area contributed by atoms with Crippen molar-refractivity contribution < 1.29 is 14.2 Å². The predicted octanol–water partition coefficient (Wildman–Crippen LogP) is 3.89. The van der Waals surface area contributed by atoms with E-state index in [1.54, 1.807) is 4.90 Å². The first-order valence-electron chi connectivity index (χ1n) is 9.57. The first kappa shape index (κ1) is 18.9. The third-order valence-electron chi connectivity index (χ3n) is 4.96. The largest absolute Gasteiger partial charge is 0.399 e. The van der Waals surface area contributed by atoms with Crippen LogP contribution in [-0.4, -0.2) is 40.3 Å². The summed E-state index contributed by atoms with van der Waals surface area (Å²) in [6, 6.07) is 17.4. The SMILES string of the molecule is CCc1nc([C@@H]2CC(=NOC)CN2C(=O)c2ccc(-c3ccccc3)cc2)no1. The van der Waals surface area contributed by atoms with Gasteiger partial charge in [0.05, 0.1) is 12.3 Å². The van der Waals surface area contributed by atoms with Crippen LogP contribution in [0.4, 0.5) is 0 Å². The number of aryl methyl sites for hydroxylation is 1. The van der Waals surface area contributed by atoms with E-state index in [0.717, 1.165) is 16.8 Å². The van der Waals surface area contributed by atoms with Crippen LogP contribution in [0.5, 0.6) is 0 Å². The first-order chi connectivity index (χ1) is 14.2. The number of likely N-dealkylation sites (tertiary alicyclic amines) is 1. The monoisotopic (exact) mass is 390 g/mol. The zero-order chi connectivity index (χ0) is 20.2. The van der Waals surface area contributed by atoms with E-state index in [0.29, 0.717) is 36.7 Å². The molecule has 0 aliphatic carbocycles. The number of carbonyl (C=O) groups is 1. The minimum Gasteiger partial charge on any atom is -0.399 e. The number of benzene rings is 2. The number of amides is 1. The maximum atomic E-state index is 13.2. The summed E-state index contributed by atoms with van der Waals surface area (Å²) in [4.78, 5) is 24.3. The van der Waals surface area contributed by atoms with E-state index < -0.39 is 0 Å². The Kier molecular flexibility index (Phi) is 5.37. The Labute approximate surface area is 169 Å². The summed E-state index contributed by atoms with van der Waals surface area (Å²) in [6.07, 6.45) is 1.16. The van der Waals surface area contributed by atoms with Gasteiger partial charge in [0.1, 0.15) is 13.2 Å². The number of hydrogen-bond donors (Lipinski definition) is 0. The van der Waals surface area contributed by atoms with Gasteiger partial charge in [-0.2, -0.15) is 4.98 Å². The Hall–Kier alpha value is -3.48. The molecule has 3 aromatic rings. The van der Waals surface area contributed by atoms with Crippen molar-refractivity contribution >= 4 is 11.6 Å². The zero-order valence-electron chi connectivity index (χ0n) is 16.4. The lowest BCUT2D eigenvalue weighted by molar-refractivity contribution is 0.0732. The third kappa shape index (κ3) is 3.89. The first-order valence-corrected chi connectivity index (χ1v) is 9.57. The second kappa shape index (κ2) is 8.26. The van der Waals surface area contributed by atoms with Crippen molar-refractivity contribution in [2.45, 2.75) is 25.8 Å². The summed E-state index contributed by atoms with van der Waals surface area (Å²) in [5, 5.41) is 8.11. The molecule has 0 bridgehead atoms. The average Bonchev–Trinajstić information content (AvgIpc) is 3.41. The van der Waals surface area contributed by atoms with Crippen LogP contribution in [0.3, 0.4) is 0 Å². The number of aromatic nitrogens is 2. The van der Waals surface area contributed by atoms with E-state index in [1.807, 2.05) is 61.5 Å². The van der Waals surface area contributed by atoms with Crippen LogP contribution < -0.4 is 0 Å². The molecule has 7 heteroatoms. The number of carbonyl (C=O) groups excluding carboxylic acids is 1. The highest BCUT2D eigenvalue weighted by Crippen LogP contribution is 2.31. The molecule has 1 aliphatic heterocycles. The Morgan fingerprint density at radius 1 is 1.17 bits per heavy atom. The summed E-state index contributed by atoms with van der Waals surface area (Å²) in [6.45, 7) is 2.31. The van der Waals surface area contributed by atoms with Gasteiger partial charge < -0.3 is 14.3 Å². The molecule has 148 valence electrons. The smallest absolute Gasteiger partial charge is 0.254 e. The molecule has 2 aromatic carbocycles. The molecule has 2 heterocycles. The van der Waals surface area contributed by atoms with Crippen LogP contribution in [0.1, 0.15) is 41.5 Å². The molecule has 1 amide bonds. The zero-order valence-corrected chi connectivity index (χ0v) is 16.4. The lowest BCUT2D eigenvalue weighted by atomic mass is 10.0. The van der Waals surface area contributed by atoms with Gasteiger partial charge in [-0.05, 0) is 23.3 Å². The van der Waals surface area contributed by atoms with Crippen molar-refractivity contribution in [1.29, 1.82) is 0 Å². The van der Waals surface area contributed by atoms with Gasteiger partial charge in [-0.1, -0.05) is 59.7 Å². The molecule has 1 atom stereocenters. The second-order valence-electron chi connectivity index (χ2n) is 6.84. The van der Waals surface area contributed by atoms with Gasteiger partial charge in [-0.3, -0.25) is 4.79 Å². The van der Waals surface area contributed by atoms with Crippen LogP contribution in [0.25, 0.3) is 11.1 Å². The molecule has 1 aromatic heterocycles. The summed E-state index contributed by atoms with van der Waals surface area (Å²) in [5.74, 6) is 0.952.